The third-order valence-corrected chi connectivity index (χ3v) is 1.06. The largest absolute Gasteiger partial charge is 0.481 e. The van der Waals surface area contributed by atoms with Crippen molar-refractivity contribution in [2.45, 2.75) is 32.3 Å². The fourth-order valence-corrected chi connectivity index (χ4v) is 0.371. The lowest BCUT2D eigenvalue weighted by atomic mass is 10.3. The maximum atomic E-state index is 9.72. The Morgan fingerprint density at radius 2 is 1.86 bits per heavy atom. The molecule has 14 heavy (non-hydrogen) atoms. The van der Waals surface area contributed by atoms with E-state index in [1.165, 1.54) is 0 Å². The average molecular weight is 206 g/mol. The van der Waals surface area contributed by atoms with E-state index in [1.54, 1.807) is 0 Å². The normalized spacial score (nSPS) is 10.7. The second kappa shape index (κ2) is 9.66. The van der Waals surface area contributed by atoms with Gasteiger partial charge in [0.2, 0.25) is 0 Å². The lowest BCUT2D eigenvalue weighted by Crippen LogP contribution is -2.22. The Morgan fingerprint density at radius 1 is 1.36 bits per heavy atom. The quantitative estimate of drug-likeness (QED) is 0.541. The molecule has 0 saturated heterocycles. The van der Waals surface area contributed by atoms with Gasteiger partial charge in [-0.2, -0.15) is 0 Å². The van der Waals surface area contributed by atoms with E-state index >= 15 is 0 Å². The summed E-state index contributed by atoms with van der Waals surface area (Å²) in [4.78, 5) is 28.8. The van der Waals surface area contributed by atoms with Crippen LogP contribution >= 0.6 is 0 Å². The van der Waals surface area contributed by atoms with Gasteiger partial charge in [-0.1, -0.05) is 6.92 Å². The number of carbonyl (C=O) groups is 3. The van der Waals surface area contributed by atoms with Crippen LogP contribution in [-0.2, 0) is 14.4 Å². The van der Waals surface area contributed by atoms with Crippen LogP contribution in [0.2, 0.25) is 0 Å². The van der Waals surface area contributed by atoms with E-state index in [4.69, 9.17) is 15.3 Å². The Labute approximate surface area is 81.2 Å². The summed E-state index contributed by atoms with van der Waals surface area (Å²) in [5.41, 5.74) is 0. The van der Waals surface area contributed by atoms with Gasteiger partial charge in [0.1, 0.15) is 6.29 Å². The van der Waals surface area contributed by atoms with Crippen molar-refractivity contribution >= 4 is 18.2 Å². The summed E-state index contributed by atoms with van der Waals surface area (Å²) >= 11 is 0. The number of carbonyl (C=O) groups excluding carboxylic acids is 1. The van der Waals surface area contributed by atoms with Gasteiger partial charge < -0.3 is 20.1 Å². The van der Waals surface area contributed by atoms with E-state index in [2.05, 4.69) is 0 Å². The van der Waals surface area contributed by atoms with Crippen molar-refractivity contribution in [3.63, 3.8) is 0 Å². The number of carboxylic acids is 2. The molecule has 0 fully saturated rings. The molecule has 0 aliphatic carbocycles. The fraction of sp³-hybridized carbons (Fsp3) is 0.625. The molecule has 1 unspecified atom stereocenters. The van der Waals surface area contributed by atoms with Crippen molar-refractivity contribution < 1.29 is 29.7 Å². The first-order chi connectivity index (χ1) is 6.45. The SMILES string of the molecule is CCCC=O.O=C(O)CC(O)C(=O)O. The maximum absolute atomic E-state index is 9.72. The second-order valence-electron chi connectivity index (χ2n) is 2.41. The molecule has 0 aromatic rings. The predicted octanol–water partition coefficient (Wildman–Crippen LogP) is -0.108. The van der Waals surface area contributed by atoms with Crippen LogP contribution in [0.3, 0.4) is 0 Å². The first kappa shape index (κ1) is 15.1. The highest BCUT2D eigenvalue weighted by Gasteiger charge is 2.16. The molecule has 0 bridgehead atoms. The van der Waals surface area contributed by atoms with Gasteiger partial charge in [0.15, 0.2) is 6.10 Å². The molecule has 0 heterocycles. The summed E-state index contributed by atoms with van der Waals surface area (Å²) in [6.07, 6.45) is 0.0706. The molecule has 0 aliphatic heterocycles. The topological polar surface area (TPSA) is 112 Å². The zero-order valence-electron chi connectivity index (χ0n) is 7.84. The maximum Gasteiger partial charge on any atom is 0.333 e. The molecule has 0 rings (SSSR count). The van der Waals surface area contributed by atoms with Crippen molar-refractivity contribution in [2.24, 2.45) is 0 Å². The molecule has 6 nitrogen and oxygen atoms in total. The third-order valence-electron chi connectivity index (χ3n) is 1.06. The molecule has 6 heteroatoms. The number of rotatable bonds is 5. The van der Waals surface area contributed by atoms with Crippen LogP contribution in [0.5, 0.6) is 0 Å². The van der Waals surface area contributed by atoms with Gasteiger partial charge in [-0.15, -0.1) is 0 Å². The molecule has 0 aromatic heterocycles. The van der Waals surface area contributed by atoms with E-state index in [0.29, 0.717) is 6.42 Å². The standard InChI is InChI=1S/C4H6O5.C4H8O/c5-2(4(8)9)1-3(6)7;1-2-3-4-5/h2,5H,1H2,(H,6,7)(H,8,9);4H,2-3H2,1H3. The molecule has 0 aliphatic rings. The summed E-state index contributed by atoms with van der Waals surface area (Å²) in [6, 6.07) is 0. The Hall–Kier alpha value is -1.43. The smallest absolute Gasteiger partial charge is 0.333 e. The summed E-state index contributed by atoms with van der Waals surface area (Å²) < 4.78 is 0. The Kier molecular flexibility index (Phi) is 10.4. The molecular weight excluding hydrogens is 192 g/mol. The minimum atomic E-state index is -1.79. The molecule has 0 spiro atoms. The monoisotopic (exact) mass is 206 g/mol. The van der Waals surface area contributed by atoms with Crippen molar-refractivity contribution in [1.82, 2.24) is 0 Å². The van der Waals surface area contributed by atoms with Crippen LogP contribution in [0, 0.1) is 0 Å². The Bertz CT molecular complexity index is 188. The number of carboxylic acid groups (broad SMARTS) is 2. The van der Waals surface area contributed by atoms with E-state index in [-0.39, 0.29) is 0 Å². The van der Waals surface area contributed by atoms with Gasteiger partial charge in [-0.25, -0.2) is 4.79 Å². The molecule has 0 amide bonds. The Morgan fingerprint density at radius 3 is 1.93 bits per heavy atom. The van der Waals surface area contributed by atoms with Crippen LogP contribution in [0.4, 0.5) is 0 Å². The van der Waals surface area contributed by atoms with Crippen molar-refractivity contribution in [2.75, 3.05) is 0 Å². The van der Waals surface area contributed by atoms with E-state index in [1.807, 2.05) is 6.92 Å². The van der Waals surface area contributed by atoms with Gasteiger partial charge >= 0.3 is 11.9 Å². The summed E-state index contributed by atoms with van der Waals surface area (Å²) in [6.45, 7) is 1.98. The van der Waals surface area contributed by atoms with E-state index in [9.17, 15) is 14.4 Å². The molecule has 1 atom stereocenters. The number of aldehydes is 1. The number of hydrogen-bond donors (Lipinski definition) is 3. The number of aliphatic hydroxyl groups excluding tert-OH is 1. The highest BCUT2D eigenvalue weighted by molar-refractivity contribution is 5.79. The minimum Gasteiger partial charge on any atom is -0.481 e. The van der Waals surface area contributed by atoms with E-state index < -0.39 is 24.5 Å². The van der Waals surface area contributed by atoms with Gasteiger partial charge in [-0.3, -0.25) is 4.79 Å². The van der Waals surface area contributed by atoms with Crippen LogP contribution in [0.15, 0.2) is 0 Å². The molecule has 0 aromatic carbocycles. The first-order valence-corrected chi connectivity index (χ1v) is 4.02. The lowest BCUT2D eigenvalue weighted by Gasteiger charge is -1.97. The first-order valence-electron chi connectivity index (χ1n) is 4.02. The average Bonchev–Trinajstić information content (AvgIpc) is 2.05. The Balaban J connectivity index is 0. The molecule has 0 radical (unpaired) electrons. The number of hydrogen-bond acceptors (Lipinski definition) is 4. The number of aliphatic hydroxyl groups is 1. The molecular formula is C8H14O6. The number of aliphatic carboxylic acids is 2. The molecule has 0 saturated carbocycles. The van der Waals surface area contributed by atoms with Crippen molar-refractivity contribution in [1.29, 1.82) is 0 Å². The van der Waals surface area contributed by atoms with Gasteiger partial charge in [-0.05, 0) is 6.42 Å². The minimum absolute atomic E-state index is 0.708. The van der Waals surface area contributed by atoms with Gasteiger partial charge in [0.05, 0.1) is 6.42 Å². The zero-order chi connectivity index (χ0) is 11.6. The second-order valence-corrected chi connectivity index (χ2v) is 2.41. The zero-order valence-corrected chi connectivity index (χ0v) is 7.84. The number of unbranched alkanes of at least 4 members (excludes halogenated alkanes) is 1. The predicted molar refractivity (Wildman–Crippen MR) is 46.9 cm³/mol. The van der Waals surface area contributed by atoms with Crippen molar-refractivity contribution in [3.8, 4) is 0 Å². The van der Waals surface area contributed by atoms with Gasteiger partial charge in [0.25, 0.3) is 0 Å². The lowest BCUT2D eigenvalue weighted by molar-refractivity contribution is -0.152. The highest BCUT2D eigenvalue weighted by atomic mass is 16.4. The summed E-state index contributed by atoms with van der Waals surface area (Å²) in [5, 5.41) is 24.1. The fourth-order valence-electron chi connectivity index (χ4n) is 0.371. The van der Waals surface area contributed by atoms with E-state index in [0.717, 1.165) is 12.7 Å². The van der Waals surface area contributed by atoms with Gasteiger partial charge in [0, 0.05) is 6.42 Å². The third kappa shape index (κ3) is 13.2. The van der Waals surface area contributed by atoms with Crippen LogP contribution in [0.1, 0.15) is 26.2 Å². The van der Waals surface area contributed by atoms with Crippen LogP contribution < -0.4 is 0 Å². The summed E-state index contributed by atoms with van der Waals surface area (Å²) in [5.74, 6) is -2.85. The summed E-state index contributed by atoms with van der Waals surface area (Å²) in [7, 11) is 0. The van der Waals surface area contributed by atoms with Crippen LogP contribution in [0.25, 0.3) is 0 Å². The van der Waals surface area contributed by atoms with Crippen molar-refractivity contribution in [3.05, 3.63) is 0 Å². The van der Waals surface area contributed by atoms with Crippen LogP contribution in [-0.4, -0.2) is 39.6 Å². The highest BCUT2D eigenvalue weighted by Crippen LogP contribution is 1.89. The molecule has 82 valence electrons. The molecule has 3 N–H and O–H groups in total.